The molecule has 0 fully saturated rings. The fourth-order valence-electron chi connectivity index (χ4n) is 0.845. The lowest BCUT2D eigenvalue weighted by atomic mass is 10.2. The third kappa shape index (κ3) is 2.07. The Bertz CT molecular complexity index is 269. The second-order valence-corrected chi connectivity index (χ2v) is 3.69. The van der Waals surface area contributed by atoms with Gasteiger partial charge in [-0.25, -0.2) is 0 Å². The van der Waals surface area contributed by atoms with Crippen LogP contribution in [-0.2, 0) is 0 Å². The summed E-state index contributed by atoms with van der Waals surface area (Å²) < 4.78 is 0. The number of hydrogen-bond acceptors (Lipinski definition) is 2. The number of rotatable bonds is 2. The van der Waals surface area contributed by atoms with Gasteiger partial charge in [0.25, 0.3) is 0 Å². The highest BCUT2D eigenvalue weighted by Crippen LogP contribution is 2.24. The fourth-order valence-corrected chi connectivity index (χ4v) is 1.71. The van der Waals surface area contributed by atoms with Gasteiger partial charge in [0.1, 0.15) is 0 Å². The second-order valence-electron chi connectivity index (χ2n) is 2.37. The number of aryl methyl sites for hydroxylation is 1. The standard InChI is InChI=1S/C9H10OS/c1-3-4-8(10)9-6-5-7(2)11-9/h1,5-6,8,10H,4H2,2H3. The summed E-state index contributed by atoms with van der Waals surface area (Å²) in [7, 11) is 0. The van der Waals surface area contributed by atoms with E-state index in [1.165, 1.54) is 4.88 Å². The van der Waals surface area contributed by atoms with E-state index in [1.807, 2.05) is 19.1 Å². The zero-order chi connectivity index (χ0) is 8.27. The molecule has 58 valence electrons. The zero-order valence-electron chi connectivity index (χ0n) is 6.37. The van der Waals surface area contributed by atoms with Crippen molar-refractivity contribution in [2.75, 3.05) is 0 Å². The topological polar surface area (TPSA) is 20.2 Å². The minimum atomic E-state index is -0.473. The van der Waals surface area contributed by atoms with E-state index in [9.17, 15) is 5.11 Å². The smallest absolute Gasteiger partial charge is 0.0990 e. The highest BCUT2D eigenvalue weighted by atomic mass is 32.1. The fraction of sp³-hybridized carbons (Fsp3) is 0.333. The Kier molecular flexibility index (Phi) is 2.70. The Hall–Kier alpha value is -0.780. The molecular formula is C9H10OS. The predicted molar refractivity (Wildman–Crippen MR) is 47.5 cm³/mol. The summed E-state index contributed by atoms with van der Waals surface area (Å²) >= 11 is 1.59. The van der Waals surface area contributed by atoms with Crippen molar-refractivity contribution in [1.82, 2.24) is 0 Å². The van der Waals surface area contributed by atoms with Crippen molar-refractivity contribution in [2.45, 2.75) is 19.4 Å². The van der Waals surface area contributed by atoms with Crippen LogP contribution in [0.15, 0.2) is 12.1 Å². The lowest BCUT2D eigenvalue weighted by Gasteiger charge is -2.01. The number of terminal acetylenes is 1. The highest BCUT2D eigenvalue weighted by molar-refractivity contribution is 7.12. The van der Waals surface area contributed by atoms with Crippen molar-refractivity contribution in [3.05, 3.63) is 21.9 Å². The monoisotopic (exact) mass is 166 g/mol. The van der Waals surface area contributed by atoms with Crippen LogP contribution in [0.5, 0.6) is 0 Å². The predicted octanol–water partition coefficient (Wildman–Crippen LogP) is 2.11. The average Bonchev–Trinajstić information content (AvgIpc) is 2.36. The van der Waals surface area contributed by atoms with E-state index in [-0.39, 0.29) is 0 Å². The van der Waals surface area contributed by atoms with Crippen molar-refractivity contribution in [1.29, 1.82) is 0 Å². The van der Waals surface area contributed by atoms with Gasteiger partial charge in [-0.2, -0.15) is 0 Å². The van der Waals surface area contributed by atoms with Gasteiger partial charge >= 0.3 is 0 Å². The third-order valence-corrected chi connectivity index (χ3v) is 2.50. The first-order chi connectivity index (χ1) is 5.24. The molecule has 0 aromatic carbocycles. The van der Waals surface area contributed by atoms with Crippen LogP contribution < -0.4 is 0 Å². The Labute approximate surface area is 70.7 Å². The van der Waals surface area contributed by atoms with Crippen LogP contribution in [-0.4, -0.2) is 5.11 Å². The van der Waals surface area contributed by atoms with Crippen molar-refractivity contribution in [3.63, 3.8) is 0 Å². The summed E-state index contributed by atoms with van der Waals surface area (Å²) in [6.45, 7) is 2.01. The van der Waals surface area contributed by atoms with Gasteiger partial charge in [-0.05, 0) is 19.1 Å². The molecule has 11 heavy (non-hydrogen) atoms. The third-order valence-electron chi connectivity index (χ3n) is 1.40. The molecule has 0 amide bonds. The first-order valence-corrected chi connectivity index (χ1v) is 4.23. The van der Waals surface area contributed by atoms with Crippen molar-refractivity contribution >= 4 is 11.3 Å². The van der Waals surface area contributed by atoms with E-state index in [4.69, 9.17) is 6.42 Å². The van der Waals surface area contributed by atoms with Gasteiger partial charge in [0.05, 0.1) is 6.10 Å². The Morgan fingerprint density at radius 2 is 2.45 bits per heavy atom. The first-order valence-electron chi connectivity index (χ1n) is 3.42. The summed E-state index contributed by atoms with van der Waals surface area (Å²) in [5.74, 6) is 2.43. The Morgan fingerprint density at radius 3 is 2.91 bits per heavy atom. The van der Waals surface area contributed by atoms with Gasteiger partial charge in [-0.1, -0.05) is 0 Å². The Morgan fingerprint density at radius 1 is 1.73 bits per heavy atom. The van der Waals surface area contributed by atoms with E-state index < -0.39 is 6.10 Å². The summed E-state index contributed by atoms with van der Waals surface area (Å²) in [5, 5.41) is 9.40. The minimum Gasteiger partial charge on any atom is -0.387 e. The van der Waals surface area contributed by atoms with E-state index in [0.717, 1.165) is 4.88 Å². The Balaban J connectivity index is 2.70. The van der Waals surface area contributed by atoms with Crippen LogP contribution in [0.2, 0.25) is 0 Å². The van der Waals surface area contributed by atoms with E-state index in [2.05, 4.69) is 5.92 Å². The van der Waals surface area contributed by atoms with Crippen LogP contribution in [0.3, 0.4) is 0 Å². The van der Waals surface area contributed by atoms with Gasteiger partial charge < -0.3 is 5.11 Å². The largest absolute Gasteiger partial charge is 0.387 e. The summed E-state index contributed by atoms with van der Waals surface area (Å²) in [5.41, 5.74) is 0. The molecule has 1 unspecified atom stereocenters. The molecule has 0 aliphatic carbocycles. The van der Waals surface area contributed by atoms with Crippen molar-refractivity contribution in [3.8, 4) is 12.3 Å². The molecule has 2 heteroatoms. The van der Waals surface area contributed by atoms with Crippen molar-refractivity contribution in [2.24, 2.45) is 0 Å². The number of aliphatic hydroxyl groups excluding tert-OH is 1. The van der Waals surface area contributed by atoms with E-state index >= 15 is 0 Å². The lowest BCUT2D eigenvalue weighted by Crippen LogP contribution is -1.90. The molecule has 1 rings (SSSR count). The van der Waals surface area contributed by atoms with Crippen LogP contribution in [0.4, 0.5) is 0 Å². The van der Waals surface area contributed by atoms with Gasteiger partial charge in [-0.15, -0.1) is 23.7 Å². The minimum absolute atomic E-state index is 0.403. The molecule has 0 aliphatic rings. The van der Waals surface area contributed by atoms with Gasteiger partial charge in [0.15, 0.2) is 0 Å². The normalized spacial score (nSPS) is 12.5. The summed E-state index contributed by atoms with van der Waals surface area (Å²) in [6.07, 6.45) is 5.00. The molecule has 0 radical (unpaired) electrons. The molecule has 1 heterocycles. The molecule has 1 nitrogen and oxygen atoms in total. The maximum Gasteiger partial charge on any atom is 0.0990 e. The quantitative estimate of drug-likeness (QED) is 0.667. The summed E-state index contributed by atoms with van der Waals surface area (Å²) in [6, 6.07) is 3.90. The van der Waals surface area contributed by atoms with Crippen LogP contribution in [0.1, 0.15) is 22.3 Å². The van der Waals surface area contributed by atoms with Crippen LogP contribution in [0.25, 0.3) is 0 Å². The molecule has 1 N–H and O–H groups in total. The van der Waals surface area contributed by atoms with E-state index in [0.29, 0.717) is 6.42 Å². The van der Waals surface area contributed by atoms with Gasteiger partial charge in [-0.3, -0.25) is 0 Å². The van der Waals surface area contributed by atoms with E-state index in [1.54, 1.807) is 11.3 Å². The maximum absolute atomic E-state index is 9.40. The number of aliphatic hydroxyl groups is 1. The van der Waals surface area contributed by atoms with Crippen molar-refractivity contribution < 1.29 is 5.11 Å². The average molecular weight is 166 g/mol. The second kappa shape index (κ2) is 3.56. The maximum atomic E-state index is 9.40. The molecule has 0 saturated carbocycles. The molecule has 1 aromatic heterocycles. The molecule has 0 saturated heterocycles. The molecule has 0 aliphatic heterocycles. The molecule has 1 aromatic rings. The zero-order valence-corrected chi connectivity index (χ0v) is 7.19. The van der Waals surface area contributed by atoms with Crippen LogP contribution >= 0.6 is 11.3 Å². The highest BCUT2D eigenvalue weighted by Gasteiger charge is 2.06. The van der Waals surface area contributed by atoms with Gasteiger partial charge in [0, 0.05) is 16.2 Å². The first kappa shape index (κ1) is 8.32. The lowest BCUT2D eigenvalue weighted by molar-refractivity contribution is 0.188. The number of hydrogen-bond donors (Lipinski definition) is 1. The molecular weight excluding hydrogens is 156 g/mol. The molecule has 0 spiro atoms. The van der Waals surface area contributed by atoms with Gasteiger partial charge in [0.2, 0.25) is 0 Å². The molecule has 0 bridgehead atoms. The number of thiophene rings is 1. The van der Waals surface area contributed by atoms with Crippen LogP contribution in [0, 0.1) is 19.3 Å². The molecule has 1 atom stereocenters. The summed E-state index contributed by atoms with van der Waals surface area (Å²) in [4.78, 5) is 2.16. The SMILES string of the molecule is C#CCC(O)c1ccc(C)s1.